The molecule has 0 unspecified atom stereocenters. The predicted molar refractivity (Wildman–Crippen MR) is 65.1 cm³/mol. The molecule has 1 rings (SSSR count). The minimum Gasteiger partial charge on any atom is -0.204 e. The monoisotopic (exact) mass is 252 g/mol. The van der Waals surface area contributed by atoms with Crippen molar-refractivity contribution in [3.05, 3.63) is 59.0 Å². The molecule has 0 aliphatic rings. The van der Waals surface area contributed by atoms with Gasteiger partial charge in [0.15, 0.2) is 0 Å². The van der Waals surface area contributed by atoms with E-state index in [4.69, 9.17) is 5.53 Å². The summed E-state index contributed by atoms with van der Waals surface area (Å²) in [5.41, 5.74) is 9.02. The maximum atomic E-state index is 11.6. The van der Waals surface area contributed by atoms with E-state index >= 15 is 0 Å². The third-order valence-electron chi connectivity index (χ3n) is 2.00. The van der Waals surface area contributed by atoms with Crippen molar-refractivity contribution in [3.63, 3.8) is 0 Å². The lowest BCUT2D eigenvalue weighted by Gasteiger charge is -2.17. The van der Waals surface area contributed by atoms with Gasteiger partial charge in [0.05, 0.1) is 0 Å². The van der Waals surface area contributed by atoms with Crippen LogP contribution in [0.4, 0.5) is 0 Å². The highest BCUT2D eigenvalue weighted by Gasteiger charge is 2.19. The highest BCUT2D eigenvalue weighted by molar-refractivity contribution is 7.87. The molecule has 6 nitrogen and oxygen atoms in total. The third kappa shape index (κ3) is 3.92. The van der Waals surface area contributed by atoms with Gasteiger partial charge in [-0.2, -0.15) is 4.31 Å². The van der Waals surface area contributed by atoms with E-state index in [0.29, 0.717) is 0 Å². The molecule has 90 valence electrons. The number of rotatable bonds is 6. The van der Waals surface area contributed by atoms with Crippen molar-refractivity contribution in [2.75, 3.05) is 6.54 Å². The van der Waals surface area contributed by atoms with Gasteiger partial charge in [-0.25, -0.2) is 8.42 Å². The lowest BCUT2D eigenvalue weighted by atomic mass is 10.2. The fourth-order valence-electron chi connectivity index (χ4n) is 1.27. The summed E-state index contributed by atoms with van der Waals surface area (Å²) in [6.07, 6.45) is 1.44. The van der Waals surface area contributed by atoms with Gasteiger partial charge >= 0.3 is 10.2 Å². The van der Waals surface area contributed by atoms with Gasteiger partial charge in [0.1, 0.15) is 0 Å². The van der Waals surface area contributed by atoms with Crippen molar-refractivity contribution in [3.8, 4) is 0 Å². The van der Waals surface area contributed by atoms with E-state index in [0.717, 1.165) is 9.87 Å². The second-order valence-corrected chi connectivity index (χ2v) is 4.79. The highest BCUT2D eigenvalue weighted by atomic mass is 32.2. The molecule has 0 aliphatic carbocycles. The van der Waals surface area contributed by atoms with Crippen LogP contribution in [0.5, 0.6) is 0 Å². The number of nitrogens with zero attached hydrogens (tertiary/aromatic N) is 4. The molecule has 0 aromatic heterocycles. The quantitative estimate of drug-likeness (QED) is 0.336. The lowest BCUT2D eigenvalue weighted by molar-refractivity contribution is 0.439. The first-order valence-electron chi connectivity index (χ1n) is 4.81. The van der Waals surface area contributed by atoms with Gasteiger partial charge in [0.25, 0.3) is 0 Å². The molecule has 0 saturated carbocycles. The van der Waals surface area contributed by atoms with Crippen LogP contribution in [0.2, 0.25) is 0 Å². The fourth-order valence-corrected chi connectivity index (χ4v) is 2.07. The lowest BCUT2D eigenvalue weighted by Crippen LogP contribution is -2.28. The predicted octanol–water partition coefficient (Wildman–Crippen LogP) is 2.23. The second kappa shape index (κ2) is 6.05. The summed E-state index contributed by atoms with van der Waals surface area (Å²) < 4.78 is 27.0. The Labute approximate surface area is 100.0 Å². The van der Waals surface area contributed by atoms with Crippen LogP contribution >= 0.6 is 0 Å². The van der Waals surface area contributed by atoms with E-state index in [9.17, 15) is 8.42 Å². The fraction of sp³-hybridized carbons (Fsp3) is 0.200. The normalized spacial score (nSPS) is 10.9. The van der Waals surface area contributed by atoms with E-state index in [-0.39, 0.29) is 13.1 Å². The molecule has 0 N–H and O–H groups in total. The number of hydrogen-bond acceptors (Lipinski definition) is 2. The van der Waals surface area contributed by atoms with Gasteiger partial charge < -0.3 is 0 Å². The molecular formula is C10H12N4O2S. The Bertz CT molecular complexity index is 520. The molecule has 0 amide bonds. The van der Waals surface area contributed by atoms with E-state index < -0.39 is 10.2 Å². The molecule has 0 radical (unpaired) electrons. The van der Waals surface area contributed by atoms with Crippen LogP contribution in [0.25, 0.3) is 10.4 Å². The average Bonchev–Trinajstić information content (AvgIpc) is 2.30. The zero-order valence-electron chi connectivity index (χ0n) is 9.10. The van der Waals surface area contributed by atoms with E-state index in [1.54, 1.807) is 12.1 Å². The van der Waals surface area contributed by atoms with E-state index in [1.165, 1.54) is 6.08 Å². The Morgan fingerprint density at radius 1 is 1.41 bits per heavy atom. The summed E-state index contributed by atoms with van der Waals surface area (Å²) in [5.74, 6) is 0. The maximum absolute atomic E-state index is 11.6. The number of benzene rings is 1. The largest absolute Gasteiger partial charge is 0.303 e. The molecule has 1 aromatic rings. The Hall–Kier alpha value is -1.82. The molecule has 17 heavy (non-hydrogen) atoms. The molecule has 0 aliphatic heterocycles. The summed E-state index contributed by atoms with van der Waals surface area (Å²) in [5, 5.41) is 0. The zero-order chi connectivity index (χ0) is 12.7. The second-order valence-electron chi connectivity index (χ2n) is 3.22. The molecular weight excluding hydrogens is 240 g/mol. The van der Waals surface area contributed by atoms with E-state index in [1.807, 2.05) is 18.2 Å². The first kappa shape index (κ1) is 13.2. The van der Waals surface area contributed by atoms with Crippen molar-refractivity contribution in [2.45, 2.75) is 6.54 Å². The van der Waals surface area contributed by atoms with Crippen molar-refractivity contribution >= 4 is 10.2 Å². The third-order valence-corrected chi connectivity index (χ3v) is 3.21. The van der Waals surface area contributed by atoms with Crippen LogP contribution in [0, 0.1) is 0 Å². The van der Waals surface area contributed by atoms with E-state index in [2.05, 4.69) is 16.0 Å². The molecule has 1 aromatic carbocycles. The van der Waals surface area contributed by atoms with Crippen LogP contribution < -0.4 is 0 Å². The van der Waals surface area contributed by atoms with Gasteiger partial charge in [0, 0.05) is 22.5 Å². The molecule has 0 bridgehead atoms. The molecule has 0 spiro atoms. The minimum absolute atomic E-state index is 0.0935. The summed E-state index contributed by atoms with van der Waals surface area (Å²) in [6.45, 7) is 3.72. The highest BCUT2D eigenvalue weighted by Crippen LogP contribution is 2.10. The Morgan fingerprint density at radius 3 is 2.59 bits per heavy atom. The minimum atomic E-state index is -3.96. The van der Waals surface area contributed by atoms with Crippen molar-refractivity contribution in [1.29, 1.82) is 0 Å². The summed E-state index contributed by atoms with van der Waals surface area (Å²) in [7, 11) is -3.96. The molecule has 7 heteroatoms. The Balaban J connectivity index is 2.95. The zero-order valence-corrected chi connectivity index (χ0v) is 9.92. The summed E-state index contributed by atoms with van der Waals surface area (Å²) in [6, 6.07) is 9.04. The van der Waals surface area contributed by atoms with Crippen LogP contribution in [-0.4, -0.2) is 19.3 Å². The Morgan fingerprint density at radius 2 is 2.06 bits per heavy atom. The summed E-state index contributed by atoms with van der Waals surface area (Å²) in [4.78, 5) is 2.31. The van der Waals surface area contributed by atoms with Crippen LogP contribution in [0.3, 0.4) is 0 Å². The first-order chi connectivity index (χ1) is 8.10. The molecule has 0 saturated heterocycles. The van der Waals surface area contributed by atoms with Gasteiger partial charge in [-0.1, -0.05) is 36.4 Å². The van der Waals surface area contributed by atoms with Crippen LogP contribution in [0.15, 0.2) is 47.5 Å². The van der Waals surface area contributed by atoms with Crippen LogP contribution in [0.1, 0.15) is 5.56 Å². The topological polar surface area (TPSA) is 86.1 Å². The Kier molecular flexibility index (Phi) is 4.71. The van der Waals surface area contributed by atoms with Gasteiger partial charge in [-0.15, -0.1) is 6.58 Å². The standard InChI is InChI=1S/C10H12N4O2S/c1-2-8-14(17(15,16)13-12-11)9-10-6-4-3-5-7-10/h2-7H,1,8-9H2. The smallest absolute Gasteiger partial charge is 0.204 e. The van der Waals surface area contributed by atoms with Gasteiger partial charge in [-0.3, -0.25) is 0 Å². The molecule has 0 atom stereocenters. The number of azide groups is 1. The maximum Gasteiger partial charge on any atom is 0.303 e. The van der Waals surface area contributed by atoms with Gasteiger partial charge in [-0.05, 0) is 11.1 Å². The average molecular weight is 252 g/mol. The molecule has 0 heterocycles. The summed E-state index contributed by atoms with van der Waals surface area (Å²) >= 11 is 0. The van der Waals surface area contributed by atoms with Crippen molar-refractivity contribution in [2.24, 2.45) is 4.52 Å². The number of hydrogen-bond donors (Lipinski definition) is 0. The van der Waals surface area contributed by atoms with Crippen molar-refractivity contribution in [1.82, 2.24) is 4.31 Å². The van der Waals surface area contributed by atoms with Crippen molar-refractivity contribution < 1.29 is 8.42 Å². The molecule has 0 fully saturated rings. The van der Waals surface area contributed by atoms with Gasteiger partial charge in [0.2, 0.25) is 0 Å². The van der Waals surface area contributed by atoms with Crippen LogP contribution in [-0.2, 0) is 16.8 Å². The SMILES string of the molecule is C=CCN(Cc1ccccc1)S(=O)(=O)N=[N+]=[N-]. The first-order valence-corrected chi connectivity index (χ1v) is 6.21.